The number of hydrogen-bond donors (Lipinski definition) is 1. The molecule has 0 bridgehead atoms. The van der Waals surface area contributed by atoms with Gasteiger partial charge in [-0.05, 0) is 43.7 Å². The molecule has 1 amide bonds. The molecular weight excluding hydrogens is 320 g/mol. The maximum atomic E-state index is 12.4. The number of methoxy groups -OCH3 is 1. The smallest absolute Gasteiger partial charge is 0.349 e. The van der Waals surface area contributed by atoms with Gasteiger partial charge < -0.3 is 10.1 Å². The summed E-state index contributed by atoms with van der Waals surface area (Å²) in [5, 5.41) is 6.95. The van der Waals surface area contributed by atoms with Crippen LogP contribution in [-0.4, -0.2) is 27.2 Å². The third-order valence-electron chi connectivity index (χ3n) is 4.13. The van der Waals surface area contributed by atoms with E-state index in [0.29, 0.717) is 5.52 Å². The maximum absolute atomic E-state index is 12.4. The number of fused-ring (bicyclic) bond motifs is 1. The number of ether oxygens (including phenoxy) is 1. The largest absolute Gasteiger partial charge is 0.497 e. The summed E-state index contributed by atoms with van der Waals surface area (Å²) in [6, 6.07) is 10.9. The Bertz CT molecular complexity index is 957. The van der Waals surface area contributed by atoms with Crippen LogP contribution in [0, 0.1) is 6.92 Å². The fraction of sp³-hybridized carbons (Fsp3) is 0.278. The van der Waals surface area contributed by atoms with Crippen molar-refractivity contribution in [1.82, 2.24) is 19.5 Å². The lowest BCUT2D eigenvalue weighted by Gasteiger charge is -2.15. The Balaban J connectivity index is 1.72. The van der Waals surface area contributed by atoms with Crippen molar-refractivity contribution in [3.8, 4) is 5.75 Å². The van der Waals surface area contributed by atoms with Crippen LogP contribution in [0.15, 0.2) is 47.4 Å². The molecule has 0 radical (unpaired) electrons. The standard InChI is InChI=1S/C18H20N4O3/c1-12-4-7-15-10-19-21(18(24)22(12)15)11-17(23)20-13(2)14-5-8-16(25-3)9-6-14/h4-10,13H,11H2,1-3H3,(H,20,23)/t13-/m0/s1. The Kier molecular flexibility index (Phi) is 4.56. The van der Waals surface area contributed by atoms with Crippen LogP contribution >= 0.6 is 0 Å². The number of nitrogens with zero attached hydrogens (tertiary/aromatic N) is 3. The first-order valence-corrected chi connectivity index (χ1v) is 7.97. The highest BCUT2D eigenvalue weighted by Gasteiger charge is 2.13. The number of amides is 1. The first kappa shape index (κ1) is 16.8. The van der Waals surface area contributed by atoms with Crippen molar-refractivity contribution in [1.29, 1.82) is 0 Å². The van der Waals surface area contributed by atoms with Gasteiger partial charge in [0, 0.05) is 5.69 Å². The number of hydrogen-bond acceptors (Lipinski definition) is 4. The van der Waals surface area contributed by atoms with E-state index in [1.54, 1.807) is 13.3 Å². The third-order valence-corrected chi connectivity index (χ3v) is 4.13. The number of aryl methyl sites for hydroxylation is 1. The van der Waals surface area contributed by atoms with Gasteiger partial charge in [0.15, 0.2) is 0 Å². The van der Waals surface area contributed by atoms with E-state index in [-0.39, 0.29) is 24.2 Å². The van der Waals surface area contributed by atoms with Gasteiger partial charge in [0.2, 0.25) is 5.91 Å². The predicted octanol–water partition coefficient (Wildman–Crippen LogP) is 1.69. The van der Waals surface area contributed by atoms with Gasteiger partial charge in [-0.1, -0.05) is 12.1 Å². The Morgan fingerprint density at radius 3 is 2.64 bits per heavy atom. The van der Waals surface area contributed by atoms with Gasteiger partial charge in [-0.3, -0.25) is 9.20 Å². The van der Waals surface area contributed by atoms with Gasteiger partial charge in [0.1, 0.15) is 12.3 Å². The molecular formula is C18H20N4O3. The molecule has 2 heterocycles. The summed E-state index contributed by atoms with van der Waals surface area (Å²) >= 11 is 0. The molecule has 0 unspecified atom stereocenters. The Morgan fingerprint density at radius 1 is 1.24 bits per heavy atom. The summed E-state index contributed by atoms with van der Waals surface area (Å²) in [5.74, 6) is 0.482. The molecule has 0 aliphatic rings. The van der Waals surface area contributed by atoms with Crippen LogP contribution in [0.25, 0.3) is 5.52 Å². The minimum absolute atomic E-state index is 0.132. The number of aromatic nitrogens is 3. The van der Waals surface area contributed by atoms with Crippen LogP contribution in [0.2, 0.25) is 0 Å². The molecule has 3 aromatic rings. The average molecular weight is 340 g/mol. The molecule has 130 valence electrons. The molecule has 3 rings (SSSR count). The van der Waals surface area contributed by atoms with Crippen LogP contribution in [0.4, 0.5) is 0 Å². The zero-order chi connectivity index (χ0) is 18.0. The molecule has 1 aromatic carbocycles. The highest BCUT2D eigenvalue weighted by atomic mass is 16.5. The summed E-state index contributed by atoms with van der Waals surface area (Å²) in [4.78, 5) is 24.7. The second-order valence-electron chi connectivity index (χ2n) is 5.88. The van der Waals surface area contributed by atoms with Gasteiger partial charge in [0.05, 0.1) is 24.9 Å². The Morgan fingerprint density at radius 2 is 1.96 bits per heavy atom. The monoisotopic (exact) mass is 340 g/mol. The van der Waals surface area contributed by atoms with Gasteiger partial charge in [0.25, 0.3) is 0 Å². The molecule has 0 spiro atoms. The molecule has 7 nitrogen and oxygen atoms in total. The topological polar surface area (TPSA) is 77.6 Å². The van der Waals surface area contributed by atoms with Crippen LogP contribution in [0.3, 0.4) is 0 Å². The van der Waals surface area contributed by atoms with Crippen molar-refractivity contribution >= 4 is 11.4 Å². The van der Waals surface area contributed by atoms with Crippen LogP contribution in [0.1, 0.15) is 24.2 Å². The quantitative estimate of drug-likeness (QED) is 0.767. The van der Waals surface area contributed by atoms with Gasteiger partial charge in [-0.15, -0.1) is 0 Å². The molecule has 1 N–H and O–H groups in total. The molecule has 7 heteroatoms. The summed E-state index contributed by atoms with van der Waals surface area (Å²) in [5.41, 5.74) is 2.15. The van der Waals surface area contributed by atoms with Gasteiger partial charge in [-0.25, -0.2) is 9.48 Å². The summed E-state index contributed by atoms with van der Waals surface area (Å²) in [6.07, 6.45) is 1.58. The number of carbonyl (C=O) groups excluding carboxylic acids is 1. The van der Waals surface area contributed by atoms with Crippen LogP contribution in [0.5, 0.6) is 5.75 Å². The first-order valence-electron chi connectivity index (χ1n) is 7.97. The lowest BCUT2D eigenvalue weighted by molar-refractivity contribution is -0.122. The maximum Gasteiger partial charge on any atom is 0.349 e. The van der Waals surface area contributed by atoms with E-state index in [4.69, 9.17) is 4.74 Å². The molecule has 2 aromatic heterocycles. The highest BCUT2D eigenvalue weighted by molar-refractivity contribution is 5.76. The van der Waals surface area contributed by atoms with E-state index in [1.165, 1.54) is 4.40 Å². The van der Waals surface area contributed by atoms with E-state index >= 15 is 0 Å². The summed E-state index contributed by atoms with van der Waals surface area (Å²) in [7, 11) is 1.61. The lowest BCUT2D eigenvalue weighted by Crippen LogP contribution is -2.37. The second kappa shape index (κ2) is 6.80. The van der Waals surface area contributed by atoms with E-state index in [1.807, 2.05) is 50.2 Å². The normalized spacial score (nSPS) is 12.1. The molecule has 0 fully saturated rings. The lowest BCUT2D eigenvalue weighted by atomic mass is 10.1. The predicted molar refractivity (Wildman–Crippen MR) is 93.7 cm³/mol. The fourth-order valence-corrected chi connectivity index (χ4v) is 2.72. The zero-order valence-electron chi connectivity index (χ0n) is 14.4. The van der Waals surface area contributed by atoms with Crippen molar-refractivity contribution in [3.05, 3.63) is 64.3 Å². The third kappa shape index (κ3) is 3.40. The van der Waals surface area contributed by atoms with Crippen molar-refractivity contribution in [2.75, 3.05) is 7.11 Å². The minimum Gasteiger partial charge on any atom is -0.497 e. The zero-order valence-corrected chi connectivity index (χ0v) is 14.4. The molecule has 0 aliphatic heterocycles. The number of carbonyl (C=O) groups is 1. The van der Waals surface area contributed by atoms with Crippen LogP contribution in [-0.2, 0) is 11.3 Å². The van der Waals surface area contributed by atoms with E-state index in [2.05, 4.69) is 10.4 Å². The summed E-state index contributed by atoms with van der Waals surface area (Å²) < 4.78 is 7.82. The minimum atomic E-state index is -0.327. The Hall–Kier alpha value is -3.09. The molecule has 0 aliphatic carbocycles. The van der Waals surface area contributed by atoms with E-state index in [9.17, 15) is 9.59 Å². The van der Waals surface area contributed by atoms with Crippen molar-refractivity contribution in [2.45, 2.75) is 26.4 Å². The van der Waals surface area contributed by atoms with Crippen molar-refractivity contribution in [3.63, 3.8) is 0 Å². The molecule has 0 saturated carbocycles. The van der Waals surface area contributed by atoms with Crippen molar-refractivity contribution < 1.29 is 9.53 Å². The van der Waals surface area contributed by atoms with E-state index < -0.39 is 0 Å². The fourth-order valence-electron chi connectivity index (χ4n) is 2.72. The molecule has 25 heavy (non-hydrogen) atoms. The number of nitrogens with one attached hydrogen (secondary N) is 1. The summed E-state index contributed by atoms with van der Waals surface area (Å²) in [6.45, 7) is 3.59. The van der Waals surface area contributed by atoms with Crippen molar-refractivity contribution in [2.24, 2.45) is 0 Å². The van der Waals surface area contributed by atoms with Gasteiger partial charge >= 0.3 is 5.69 Å². The molecule has 0 saturated heterocycles. The van der Waals surface area contributed by atoms with Crippen LogP contribution < -0.4 is 15.7 Å². The van der Waals surface area contributed by atoms with E-state index in [0.717, 1.165) is 21.7 Å². The number of benzene rings is 1. The number of rotatable bonds is 5. The van der Waals surface area contributed by atoms with Gasteiger partial charge in [-0.2, -0.15) is 5.10 Å². The SMILES string of the molecule is COc1ccc([C@H](C)NC(=O)Cn2ncc3ccc(C)n3c2=O)cc1. The molecule has 1 atom stereocenters. The first-order chi connectivity index (χ1) is 12.0. The second-order valence-corrected chi connectivity index (χ2v) is 5.88. The Labute approximate surface area is 144 Å². The highest BCUT2D eigenvalue weighted by Crippen LogP contribution is 2.17. The average Bonchev–Trinajstić information content (AvgIpc) is 2.99.